The van der Waals surface area contributed by atoms with Crippen LogP contribution < -0.4 is 0 Å². The molecule has 2 heteroatoms. The average Bonchev–Trinajstić information content (AvgIpc) is 2.81. The Bertz CT molecular complexity index is 460. The highest BCUT2D eigenvalue weighted by atomic mass is 16.4. The quantitative estimate of drug-likeness (QED) is 0.713. The fourth-order valence-corrected chi connectivity index (χ4v) is 1.19. The molecule has 1 aromatic carbocycles. The van der Waals surface area contributed by atoms with Crippen LogP contribution in [0.15, 0.2) is 53.1 Å². The first kappa shape index (κ1) is 9.57. The number of furan rings is 1. The maximum atomic E-state index is 9.60. The van der Waals surface area contributed by atoms with Crippen LogP contribution in [0.25, 0.3) is 0 Å². The zero-order chi connectivity index (χ0) is 10.5. The van der Waals surface area contributed by atoms with Crippen molar-refractivity contribution >= 4 is 0 Å². The summed E-state index contributed by atoms with van der Waals surface area (Å²) in [5.41, 5.74) is 0.878. The second kappa shape index (κ2) is 4.50. The van der Waals surface area contributed by atoms with Gasteiger partial charge in [0.2, 0.25) is 0 Å². The molecule has 0 amide bonds. The Morgan fingerprint density at radius 2 is 1.87 bits per heavy atom. The van der Waals surface area contributed by atoms with Gasteiger partial charge in [-0.15, -0.1) is 0 Å². The van der Waals surface area contributed by atoms with Crippen molar-refractivity contribution in [2.24, 2.45) is 0 Å². The van der Waals surface area contributed by atoms with E-state index in [2.05, 4.69) is 11.8 Å². The maximum absolute atomic E-state index is 9.60. The molecule has 1 N–H and O–H groups in total. The summed E-state index contributed by atoms with van der Waals surface area (Å²) in [5, 5.41) is 9.60. The summed E-state index contributed by atoms with van der Waals surface area (Å²) < 4.78 is 5.03. The van der Waals surface area contributed by atoms with Crippen LogP contribution in [0.5, 0.6) is 0 Å². The molecule has 1 aromatic heterocycles. The van der Waals surface area contributed by atoms with Crippen molar-refractivity contribution in [3.8, 4) is 11.8 Å². The summed E-state index contributed by atoms with van der Waals surface area (Å²) in [6, 6.07) is 12.9. The van der Waals surface area contributed by atoms with E-state index in [9.17, 15) is 5.11 Å². The van der Waals surface area contributed by atoms with E-state index in [1.54, 1.807) is 12.1 Å². The Morgan fingerprint density at radius 1 is 1.07 bits per heavy atom. The van der Waals surface area contributed by atoms with Crippen molar-refractivity contribution in [3.05, 3.63) is 60.1 Å². The number of benzene rings is 1. The van der Waals surface area contributed by atoms with Crippen molar-refractivity contribution in [1.29, 1.82) is 0 Å². The van der Waals surface area contributed by atoms with E-state index in [4.69, 9.17) is 4.42 Å². The van der Waals surface area contributed by atoms with E-state index in [1.165, 1.54) is 6.26 Å². The maximum Gasteiger partial charge on any atom is 0.173 e. The van der Waals surface area contributed by atoms with E-state index in [-0.39, 0.29) is 0 Å². The third kappa shape index (κ3) is 2.49. The molecule has 15 heavy (non-hydrogen) atoms. The van der Waals surface area contributed by atoms with Gasteiger partial charge in [0.25, 0.3) is 0 Å². The van der Waals surface area contributed by atoms with Gasteiger partial charge in [-0.1, -0.05) is 30.0 Å². The van der Waals surface area contributed by atoms with E-state index >= 15 is 0 Å². The van der Waals surface area contributed by atoms with Crippen molar-refractivity contribution in [1.82, 2.24) is 0 Å². The second-order valence-electron chi connectivity index (χ2n) is 3.05. The summed E-state index contributed by atoms with van der Waals surface area (Å²) in [5.74, 6) is 6.06. The van der Waals surface area contributed by atoms with Crippen LogP contribution in [-0.4, -0.2) is 5.11 Å². The van der Waals surface area contributed by atoms with Gasteiger partial charge in [0.1, 0.15) is 5.76 Å². The molecule has 0 saturated heterocycles. The monoisotopic (exact) mass is 198 g/mol. The number of aliphatic hydroxyl groups excluding tert-OH is 1. The number of hydrogen-bond donors (Lipinski definition) is 1. The molecule has 0 aliphatic carbocycles. The molecular weight excluding hydrogens is 188 g/mol. The van der Waals surface area contributed by atoms with Crippen molar-refractivity contribution < 1.29 is 9.52 Å². The molecule has 1 heterocycles. The van der Waals surface area contributed by atoms with Crippen LogP contribution in [0, 0.1) is 11.8 Å². The van der Waals surface area contributed by atoms with Gasteiger partial charge in [-0.05, 0) is 24.3 Å². The summed E-state index contributed by atoms with van der Waals surface area (Å²) in [4.78, 5) is 0. The minimum atomic E-state index is -0.861. The predicted octanol–water partition coefficient (Wildman–Crippen LogP) is 2.36. The fourth-order valence-electron chi connectivity index (χ4n) is 1.19. The van der Waals surface area contributed by atoms with E-state index in [1.807, 2.05) is 30.3 Å². The lowest BCUT2D eigenvalue weighted by Crippen LogP contribution is -1.90. The molecule has 2 nitrogen and oxygen atoms in total. The van der Waals surface area contributed by atoms with Gasteiger partial charge in [-0.3, -0.25) is 0 Å². The Kier molecular flexibility index (Phi) is 2.87. The molecule has 0 spiro atoms. The molecule has 74 valence electrons. The predicted molar refractivity (Wildman–Crippen MR) is 57.0 cm³/mol. The van der Waals surface area contributed by atoms with Gasteiger partial charge in [0, 0.05) is 5.56 Å². The molecule has 1 unspecified atom stereocenters. The first-order valence-corrected chi connectivity index (χ1v) is 4.64. The highest BCUT2D eigenvalue weighted by Gasteiger charge is 2.04. The smallest absolute Gasteiger partial charge is 0.173 e. The highest BCUT2D eigenvalue weighted by Crippen LogP contribution is 2.11. The van der Waals surface area contributed by atoms with Crippen LogP contribution in [0.2, 0.25) is 0 Å². The zero-order valence-corrected chi connectivity index (χ0v) is 8.05. The van der Waals surface area contributed by atoms with Crippen molar-refractivity contribution in [2.45, 2.75) is 6.10 Å². The molecule has 0 fully saturated rings. The molecule has 1 atom stereocenters. The lowest BCUT2D eigenvalue weighted by Gasteiger charge is -1.96. The second-order valence-corrected chi connectivity index (χ2v) is 3.05. The molecule has 2 aromatic rings. The first-order valence-electron chi connectivity index (χ1n) is 4.64. The minimum absolute atomic E-state index is 0.471. The largest absolute Gasteiger partial charge is 0.466 e. The highest BCUT2D eigenvalue weighted by molar-refractivity contribution is 5.35. The van der Waals surface area contributed by atoms with Crippen molar-refractivity contribution in [3.63, 3.8) is 0 Å². The number of aliphatic hydroxyl groups is 1. The Labute approximate surface area is 88.2 Å². The Morgan fingerprint density at radius 3 is 2.53 bits per heavy atom. The van der Waals surface area contributed by atoms with Crippen LogP contribution in [0.4, 0.5) is 0 Å². The zero-order valence-electron chi connectivity index (χ0n) is 8.05. The van der Waals surface area contributed by atoms with Crippen LogP contribution in [0.1, 0.15) is 17.4 Å². The molecular formula is C13H10O2. The van der Waals surface area contributed by atoms with Gasteiger partial charge in [-0.25, -0.2) is 0 Å². The van der Waals surface area contributed by atoms with Gasteiger partial charge in [0.15, 0.2) is 6.10 Å². The lowest BCUT2D eigenvalue weighted by molar-refractivity contribution is 0.206. The molecule has 2 rings (SSSR count). The fraction of sp³-hybridized carbons (Fsp3) is 0.0769. The van der Waals surface area contributed by atoms with Crippen molar-refractivity contribution in [2.75, 3.05) is 0 Å². The number of hydrogen-bond acceptors (Lipinski definition) is 2. The van der Waals surface area contributed by atoms with E-state index in [0.717, 1.165) is 5.56 Å². The van der Waals surface area contributed by atoms with Gasteiger partial charge < -0.3 is 9.52 Å². The topological polar surface area (TPSA) is 33.4 Å². The molecule has 0 saturated carbocycles. The summed E-state index contributed by atoms with van der Waals surface area (Å²) in [7, 11) is 0. The summed E-state index contributed by atoms with van der Waals surface area (Å²) in [6.07, 6.45) is 0.656. The average molecular weight is 198 g/mol. The summed E-state index contributed by atoms with van der Waals surface area (Å²) in [6.45, 7) is 0. The van der Waals surface area contributed by atoms with Gasteiger partial charge >= 0.3 is 0 Å². The molecule has 0 bridgehead atoms. The molecule has 0 aliphatic heterocycles. The van der Waals surface area contributed by atoms with Crippen LogP contribution in [-0.2, 0) is 0 Å². The van der Waals surface area contributed by atoms with Gasteiger partial charge in [-0.2, -0.15) is 0 Å². The SMILES string of the molecule is OC(C#Cc1ccccc1)c1ccco1. The summed E-state index contributed by atoms with van der Waals surface area (Å²) >= 11 is 0. The van der Waals surface area contributed by atoms with Crippen LogP contribution in [0.3, 0.4) is 0 Å². The number of rotatable bonds is 1. The van der Waals surface area contributed by atoms with E-state index in [0.29, 0.717) is 5.76 Å². The Balaban J connectivity index is 2.13. The van der Waals surface area contributed by atoms with Crippen LogP contribution >= 0.6 is 0 Å². The van der Waals surface area contributed by atoms with E-state index < -0.39 is 6.10 Å². The lowest BCUT2D eigenvalue weighted by atomic mass is 10.2. The van der Waals surface area contributed by atoms with Gasteiger partial charge in [0.05, 0.1) is 6.26 Å². The Hall–Kier alpha value is -1.98. The third-order valence-corrected chi connectivity index (χ3v) is 1.94. The third-order valence-electron chi connectivity index (χ3n) is 1.94. The standard InChI is InChI=1S/C13H10O2/c14-12(13-7-4-10-15-13)9-8-11-5-2-1-3-6-11/h1-7,10,12,14H. The molecule has 0 radical (unpaired) electrons. The molecule has 0 aliphatic rings. The normalized spacial score (nSPS) is 11.5. The first-order chi connectivity index (χ1) is 7.36. The minimum Gasteiger partial charge on any atom is -0.466 e.